The molecule has 28 heavy (non-hydrogen) atoms. The van der Waals surface area contributed by atoms with Gasteiger partial charge in [-0.3, -0.25) is 9.89 Å². The van der Waals surface area contributed by atoms with Crippen molar-refractivity contribution in [2.45, 2.75) is 56.4 Å². The van der Waals surface area contributed by atoms with Gasteiger partial charge in [-0.1, -0.05) is 18.2 Å². The number of rotatable bonds is 6. The Morgan fingerprint density at radius 1 is 1.29 bits per heavy atom. The standard InChI is InChI=1S/C21H32N4O2.HI/c1-22-21(24-17-13-15-9-10-20(17)27-15)23-14-18(25-11-5-6-12-25)16-7-3-4-8-19(16)26-2;/h3-4,7-8,15,17-18,20H,5-6,9-14H2,1-2H3,(H2,22,23,24);1H. The third-order valence-electron chi connectivity index (χ3n) is 6.19. The maximum absolute atomic E-state index is 5.97. The minimum absolute atomic E-state index is 0. The predicted molar refractivity (Wildman–Crippen MR) is 123 cm³/mol. The van der Waals surface area contributed by atoms with E-state index in [1.165, 1.54) is 24.8 Å². The summed E-state index contributed by atoms with van der Waals surface area (Å²) in [7, 11) is 3.60. The summed E-state index contributed by atoms with van der Waals surface area (Å²) < 4.78 is 11.6. The molecule has 0 spiro atoms. The Hall–Kier alpha value is -1.06. The second kappa shape index (κ2) is 10.1. The van der Waals surface area contributed by atoms with Crippen LogP contribution in [0.25, 0.3) is 0 Å². The highest BCUT2D eigenvalue weighted by Gasteiger charge is 2.41. The van der Waals surface area contributed by atoms with Crippen molar-refractivity contribution in [2.75, 3.05) is 33.8 Å². The average molecular weight is 500 g/mol. The van der Waals surface area contributed by atoms with E-state index in [9.17, 15) is 0 Å². The number of nitrogens with one attached hydrogen (secondary N) is 2. The van der Waals surface area contributed by atoms with Crippen molar-refractivity contribution >= 4 is 29.9 Å². The number of halogens is 1. The van der Waals surface area contributed by atoms with Gasteiger partial charge in [-0.2, -0.15) is 0 Å². The summed E-state index contributed by atoms with van der Waals surface area (Å²) in [6.07, 6.45) is 6.78. The smallest absolute Gasteiger partial charge is 0.191 e. The number of aliphatic imine (C=N–C) groups is 1. The lowest BCUT2D eigenvalue weighted by atomic mass is 9.96. The first kappa shape index (κ1) is 21.6. The van der Waals surface area contributed by atoms with Crippen LogP contribution in [0.15, 0.2) is 29.3 Å². The van der Waals surface area contributed by atoms with E-state index in [2.05, 4.69) is 38.7 Å². The molecule has 1 aromatic carbocycles. The predicted octanol–water partition coefficient (Wildman–Crippen LogP) is 2.94. The zero-order chi connectivity index (χ0) is 18.6. The van der Waals surface area contributed by atoms with Crippen LogP contribution in [0.2, 0.25) is 0 Å². The topological polar surface area (TPSA) is 58.1 Å². The van der Waals surface area contributed by atoms with Gasteiger partial charge in [0.05, 0.1) is 31.4 Å². The zero-order valence-electron chi connectivity index (χ0n) is 16.9. The van der Waals surface area contributed by atoms with E-state index < -0.39 is 0 Å². The van der Waals surface area contributed by atoms with Crippen LogP contribution in [0.4, 0.5) is 0 Å². The van der Waals surface area contributed by atoms with Crippen LogP contribution in [-0.2, 0) is 4.74 Å². The molecule has 2 bridgehead atoms. The summed E-state index contributed by atoms with van der Waals surface area (Å²) >= 11 is 0. The molecule has 4 atom stereocenters. The highest BCUT2D eigenvalue weighted by Crippen LogP contribution is 2.34. The Labute approximate surface area is 185 Å². The van der Waals surface area contributed by atoms with Crippen molar-refractivity contribution in [1.82, 2.24) is 15.5 Å². The highest BCUT2D eigenvalue weighted by atomic mass is 127. The van der Waals surface area contributed by atoms with E-state index in [-0.39, 0.29) is 30.0 Å². The fraction of sp³-hybridized carbons (Fsp3) is 0.667. The molecular formula is C21H33IN4O2. The molecular weight excluding hydrogens is 467 g/mol. The molecule has 0 radical (unpaired) electrons. The Morgan fingerprint density at radius 3 is 2.71 bits per heavy atom. The van der Waals surface area contributed by atoms with Crippen LogP contribution < -0.4 is 15.4 Å². The molecule has 1 aromatic rings. The number of hydrogen-bond acceptors (Lipinski definition) is 4. The molecule has 0 amide bonds. The number of benzene rings is 1. The quantitative estimate of drug-likeness (QED) is 0.358. The number of ether oxygens (including phenoxy) is 2. The summed E-state index contributed by atoms with van der Waals surface area (Å²) in [6, 6.07) is 9.03. The molecule has 0 saturated carbocycles. The van der Waals surface area contributed by atoms with Crippen LogP contribution >= 0.6 is 24.0 Å². The number of guanidine groups is 1. The zero-order valence-corrected chi connectivity index (χ0v) is 19.2. The SMILES string of the molecule is CN=C(NCC(c1ccccc1OC)N1CCCC1)NC1CC2CCC1O2.I. The van der Waals surface area contributed by atoms with E-state index in [1.54, 1.807) is 7.11 Å². The van der Waals surface area contributed by atoms with Gasteiger partial charge in [0.15, 0.2) is 5.96 Å². The van der Waals surface area contributed by atoms with Gasteiger partial charge in [0, 0.05) is 19.2 Å². The molecule has 0 aliphatic carbocycles. The van der Waals surface area contributed by atoms with Gasteiger partial charge in [0.2, 0.25) is 0 Å². The van der Waals surface area contributed by atoms with E-state index in [0.29, 0.717) is 18.2 Å². The van der Waals surface area contributed by atoms with E-state index in [0.717, 1.165) is 44.2 Å². The molecule has 6 nitrogen and oxygen atoms in total. The van der Waals surface area contributed by atoms with E-state index in [4.69, 9.17) is 9.47 Å². The van der Waals surface area contributed by atoms with Gasteiger partial charge < -0.3 is 20.1 Å². The maximum Gasteiger partial charge on any atom is 0.191 e. The van der Waals surface area contributed by atoms with Crippen LogP contribution in [0, 0.1) is 0 Å². The monoisotopic (exact) mass is 500 g/mol. The number of hydrogen-bond donors (Lipinski definition) is 2. The summed E-state index contributed by atoms with van der Waals surface area (Å²) in [5, 5.41) is 7.16. The number of para-hydroxylation sites is 1. The van der Waals surface area contributed by atoms with Crippen molar-refractivity contribution in [3.8, 4) is 5.75 Å². The number of nitrogens with zero attached hydrogens (tertiary/aromatic N) is 2. The van der Waals surface area contributed by atoms with Crippen LogP contribution in [0.1, 0.15) is 43.7 Å². The molecule has 0 aromatic heterocycles. The fourth-order valence-electron chi connectivity index (χ4n) is 4.78. The third-order valence-corrected chi connectivity index (χ3v) is 6.19. The van der Waals surface area contributed by atoms with Crippen molar-refractivity contribution in [2.24, 2.45) is 4.99 Å². The first-order valence-electron chi connectivity index (χ1n) is 10.3. The fourth-order valence-corrected chi connectivity index (χ4v) is 4.78. The Kier molecular flexibility index (Phi) is 7.82. The minimum atomic E-state index is 0. The van der Waals surface area contributed by atoms with Crippen LogP contribution in [0.3, 0.4) is 0 Å². The molecule has 4 rings (SSSR count). The lowest BCUT2D eigenvalue weighted by Gasteiger charge is -2.30. The third kappa shape index (κ3) is 4.74. The van der Waals surface area contributed by atoms with Gasteiger partial charge in [-0.05, 0) is 51.3 Å². The highest BCUT2D eigenvalue weighted by molar-refractivity contribution is 14.0. The van der Waals surface area contributed by atoms with Gasteiger partial charge in [-0.25, -0.2) is 0 Å². The molecule has 2 N–H and O–H groups in total. The number of fused-ring (bicyclic) bond motifs is 2. The van der Waals surface area contributed by atoms with Crippen molar-refractivity contribution in [1.29, 1.82) is 0 Å². The molecule has 3 saturated heterocycles. The van der Waals surface area contributed by atoms with Gasteiger partial charge in [0.25, 0.3) is 0 Å². The maximum atomic E-state index is 5.97. The molecule has 156 valence electrons. The molecule has 7 heteroatoms. The Balaban J connectivity index is 0.00000225. The first-order valence-corrected chi connectivity index (χ1v) is 10.3. The summed E-state index contributed by atoms with van der Waals surface area (Å²) in [4.78, 5) is 7.01. The number of likely N-dealkylation sites (tertiary alicyclic amines) is 1. The second-order valence-electron chi connectivity index (χ2n) is 7.81. The van der Waals surface area contributed by atoms with Gasteiger partial charge in [-0.15, -0.1) is 24.0 Å². The van der Waals surface area contributed by atoms with E-state index >= 15 is 0 Å². The number of methoxy groups -OCH3 is 1. The normalized spacial score (nSPS) is 28.1. The Bertz CT molecular complexity index is 666. The van der Waals surface area contributed by atoms with Crippen LogP contribution in [-0.4, -0.2) is 62.9 Å². The summed E-state index contributed by atoms with van der Waals surface area (Å²) in [5.74, 6) is 1.83. The first-order chi connectivity index (χ1) is 13.3. The average Bonchev–Trinajstić information content (AvgIpc) is 3.46. The van der Waals surface area contributed by atoms with E-state index in [1.807, 2.05) is 13.1 Å². The lowest BCUT2D eigenvalue weighted by molar-refractivity contribution is 0.0992. The Morgan fingerprint density at radius 2 is 2.07 bits per heavy atom. The summed E-state index contributed by atoms with van der Waals surface area (Å²) in [6.45, 7) is 3.08. The molecule has 3 aliphatic heterocycles. The molecule has 3 aliphatic rings. The molecule has 3 heterocycles. The van der Waals surface area contributed by atoms with Gasteiger partial charge in [0.1, 0.15) is 5.75 Å². The molecule has 3 fully saturated rings. The minimum Gasteiger partial charge on any atom is -0.496 e. The van der Waals surface area contributed by atoms with Crippen molar-refractivity contribution in [3.05, 3.63) is 29.8 Å². The second-order valence-corrected chi connectivity index (χ2v) is 7.81. The van der Waals surface area contributed by atoms with Crippen LogP contribution in [0.5, 0.6) is 5.75 Å². The largest absolute Gasteiger partial charge is 0.496 e. The lowest BCUT2D eigenvalue weighted by Crippen LogP contribution is -2.49. The van der Waals surface area contributed by atoms with Crippen molar-refractivity contribution in [3.63, 3.8) is 0 Å². The summed E-state index contributed by atoms with van der Waals surface area (Å²) in [5.41, 5.74) is 1.24. The van der Waals surface area contributed by atoms with Crippen molar-refractivity contribution < 1.29 is 9.47 Å². The van der Waals surface area contributed by atoms with Gasteiger partial charge >= 0.3 is 0 Å². The molecule has 4 unspecified atom stereocenters.